The van der Waals surface area contributed by atoms with E-state index in [1.165, 1.54) is 7.11 Å². The molecule has 0 aromatic heterocycles. The van der Waals surface area contributed by atoms with Gasteiger partial charge in [-0.1, -0.05) is 19.8 Å². The molecule has 5 heteroatoms. The molecule has 0 aliphatic heterocycles. The van der Waals surface area contributed by atoms with E-state index in [-0.39, 0.29) is 12.2 Å². The van der Waals surface area contributed by atoms with E-state index in [0.717, 1.165) is 12.8 Å². The van der Waals surface area contributed by atoms with Gasteiger partial charge in [-0.2, -0.15) is 0 Å². The van der Waals surface area contributed by atoms with Crippen molar-refractivity contribution in [3.8, 4) is 0 Å². The van der Waals surface area contributed by atoms with E-state index in [1.54, 1.807) is 6.92 Å². The van der Waals surface area contributed by atoms with Gasteiger partial charge in [-0.25, -0.2) is 8.42 Å². The lowest BCUT2D eigenvalue weighted by molar-refractivity contribution is -0.140. The monoisotopic (exact) mass is 236 g/mol. The SMILES string of the molecule is CCCCCS(=O)(=O)C(C)CC(=O)OC. The number of hydrogen-bond acceptors (Lipinski definition) is 4. The number of esters is 1. The second-order valence-electron chi connectivity index (χ2n) is 3.66. The lowest BCUT2D eigenvalue weighted by Crippen LogP contribution is -2.24. The normalized spacial score (nSPS) is 13.5. The Morgan fingerprint density at radius 3 is 2.40 bits per heavy atom. The minimum absolute atomic E-state index is 0.0506. The first-order valence-corrected chi connectivity index (χ1v) is 6.94. The van der Waals surface area contributed by atoms with E-state index in [1.807, 2.05) is 6.92 Å². The summed E-state index contributed by atoms with van der Waals surface area (Å²) in [6, 6.07) is 0. The molecule has 0 bridgehead atoms. The Hall–Kier alpha value is -0.580. The van der Waals surface area contributed by atoms with Gasteiger partial charge in [-0.15, -0.1) is 0 Å². The summed E-state index contributed by atoms with van der Waals surface area (Å²) in [5, 5.41) is -0.637. The van der Waals surface area contributed by atoms with Crippen LogP contribution in [0, 0.1) is 0 Å². The Bertz CT molecular complexity index is 282. The number of carbonyl (C=O) groups excluding carboxylic acids is 1. The fourth-order valence-corrected chi connectivity index (χ4v) is 2.60. The fourth-order valence-electron chi connectivity index (χ4n) is 1.20. The maximum Gasteiger partial charge on any atom is 0.306 e. The van der Waals surface area contributed by atoms with Crippen molar-refractivity contribution in [3.63, 3.8) is 0 Å². The van der Waals surface area contributed by atoms with Crippen molar-refractivity contribution in [1.29, 1.82) is 0 Å². The minimum Gasteiger partial charge on any atom is -0.469 e. The van der Waals surface area contributed by atoms with Gasteiger partial charge in [0.2, 0.25) is 0 Å². The summed E-state index contributed by atoms with van der Waals surface area (Å²) in [6.07, 6.45) is 2.51. The molecule has 0 saturated carbocycles. The topological polar surface area (TPSA) is 60.4 Å². The third-order valence-electron chi connectivity index (χ3n) is 2.33. The number of methoxy groups -OCH3 is 1. The van der Waals surface area contributed by atoms with Gasteiger partial charge in [0.25, 0.3) is 0 Å². The molecular formula is C10H20O4S. The first-order valence-electron chi connectivity index (χ1n) is 5.22. The third-order valence-corrected chi connectivity index (χ3v) is 4.58. The van der Waals surface area contributed by atoms with E-state index in [4.69, 9.17) is 0 Å². The van der Waals surface area contributed by atoms with E-state index in [9.17, 15) is 13.2 Å². The molecule has 0 saturated heterocycles. The Balaban J connectivity index is 4.14. The van der Waals surface area contributed by atoms with Crippen LogP contribution < -0.4 is 0 Å². The Morgan fingerprint density at radius 2 is 1.93 bits per heavy atom. The van der Waals surface area contributed by atoms with Crippen LogP contribution in [0.5, 0.6) is 0 Å². The quantitative estimate of drug-likeness (QED) is 0.497. The van der Waals surface area contributed by atoms with Crippen LogP contribution in [0.1, 0.15) is 39.5 Å². The summed E-state index contributed by atoms with van der Waals surface area (Å²) >= 11 is 0. The molecule has 1 atom stereocenters. The van der Waals surface area contributed by atoms with Gasteiger partial charge in [0.15, 0.2) is 9.84 Å². The molecule has 4 nitrogen and oxygen atoms in total. The molecular weight excluding hydrogens is 216 g/mol. The first kappa shape index (κ1) is 14.4. The van der Waals surface area contributed by atoms with E-state index >= 15 is 0 Å². The predicted octanol–water partition coefficient (Wildman–Crippen LogP) is 1.54. The molecule has 1 unspecified atom stereocenters. The number of rotatable bonds is 7. The Labute approximate surface area is 91.9 Å². The number of carbonyl (C=O) groups is 1. The zero-order valence-corrected chi connectivity index (χ0v) is 10.5. The van der Waals surface area contributed by atoms with Crippen LogP contribution >= 0.6 is 0 Å². The van der Waals surface area contributed by atoms with Gasteiger partial charge in [0.1, 0.15) is 0 Å². The summed E-state index contributed by atoms with van der Waals surface area (Å²) in [5.41, 5.74) is 0. The van der Waals surface area contributed by atoms with Gasteiger partial charge in [0, 0.05) is 0 Å². The molecule has 0 aromatic rings. The molecule has 0 aliphatic carbocycles. The summed E-state index contributed by atoms with van der Waals surface area (Å²) in [6.45, 7) is 3.57. The highest BCUT2D eigenvalue weighted by molar-refractivity contribution is 7.92. The van der Waals surface area contributed by atoms with Gasteiger partial charge in [0.05, 0.1) is 24.5 Å². The lowest BCUT2D eigenvalue weighted by atomic mass is 10.3. The van der Waals surface area contributed by atoms with Crippen molar-refractivity contribution in [2.45, 2.75) is 44.8 Å². The molecule has 90 valence electrons. The van der Waals surface area contributed by atoms with E-state index in [2.05, 4.69) is 4.74 Å². The number of ether oxygens (including phenoxy) is 1. The fraction of sp³-hybridized carbons (Fsp3) is 0.900. The maximum atomic E-state index is 11.6. The largest absolute Gasteiger partial charge is 0.469 e. The molecule has 0 radical (unpaired) electrons. The van der Waals surface area contributed by atoms with Crippen molar-refractivity contribution in [3.05, 3.63) is 0 Å². The summed E-state index contributed by atoms with van der Waals surface area (Å²) in [5.74, 6) is -0.305. The average molecular weight is 236 g/mol. The standard InChI is InChI=1S/C10H20O4S/c1-4-5-6-7-15(12,13)9(2)8-10(11)14-3/h9H,4-8H2,1-3H3. The molecule has 15 heavy (non-hydrogen) atoms. The third kappa shape index (κ3) is 5.77. The van der Waals surface area contributed by atoms with Crippen molar-refractivity contribution < 1.29 is 17.9 Å². The van der Waals surface area contributed by atoms with Crippen molar-refractivity contribution >= 4 is 15.8 Å². The van der Waals surface area contributed by atoms with Crippen molar-refractivity contribution in [1.82, 2.24) is 0 Å². The summed E-state index contributed by atoms with van der Waals surface area (Å²) in [4.78, 5) is 10.9. The van der Waals surface area contributed by atoms with Crippen LogP contribution in [-0.2, 0) is 19.4 Å². The van der Waals surface area contributed by atoms with Gasteiger partial charge in [-0.05, 0) is 13.3 Å². The van der Waals surface area contributed by atoms with Crippen molar-refractivity contribution in [2.75, 3.05) is 12.9 Å². The van der Waals surface area contributed by atoms with Crippen LogP contribution in [0.2, 0.25) is 0 Å². The highest BCUT2D eigenvalue weighted by Gasteiger charge is 2.23. The van der Waals surface area contributed by atoms with Crippen LogP contribution in [0.3, 0.4) is 0 Å². The Kier molecular flexibility index (Phi) is 6.56. The van der Waals surface area contributed by atoms with E-state index < -0.39 is 21.1 Å². The number of sulfone groups is 1. The van der Waals surface area contributed by atoms with Gasteiger partial charge in [-0.3, -0.25) is 4.79 Å². The zero-order chi connectivity index (χ0) is 11.9. The van der Waals surface area contributed by atoms with Crippen LogP contribution in [0.15, 0.2) is 0 Å². The second-order valence-corrected chi connectivity index (χ2v) is 6.20. The molecule has 0 rings (SSSR count). The molecule has 0 spiro atoms. The van der Waals surface area contributed by atoms with Crippen molar-refractivity contribution in [2.24, 2.45) is 0 Å². The molecule has 0 N–H and O–H groups in total. The van der Waals surface area contributed by atoms with Crippen LogP contribution in [0.25, 0.3) is 0 Å². The highest BCUT2D eigenvalue weighted by atomic mass is 32.2. The number of hydrogen-bond donors (Lipinski definition) is 0. The predicted molar refractivity (Wildman–Crippen MR) is 59.4 cm³/mol. The molecule has 0 aliphatic rings. The average Bonchev–Trinajstić information content (AvgIpc) is 2.17. The molecule has 0 heterocycles. The smallest absolute Gasteiger partial charge is 0.306 e. The van der Waals surface area contributed by atoms with Gasteiger partial charge < -0.3 is 4.74 Å². The number of unbranched alkanes of at least 4 members (excludes halogenated alkanes) is 2. The molecule has 0 amide bonds. The second kappa shape index (κ2) is 6.82. The zero-order valence-electron chi connectivity index (χ0n) is 9.65. The molecule has 0 aromatic carbocycles. The summed E-state index contributed by atoms with van der Waals surface area (Å²) < 4.78 is 27.7. The Morgan fingerprint density at radius 1 is 1.33 bits per heavy atom. The minimum atomic E-state index is -3.14. The molecule has 0 fully saturated rings. The highest BCUT2D eigenvalue weighted by Crippen LogP contribution is 2.10. The van der Waals surface area contributed by atoms with Crippen LogP contribution in [0.4, 0.5) is 0 Å². The van der Waals surface area contributed by atoms with Gasteiger partial charge >= 0.3 is 5.97 Å². The maximum absolute atomic E-state index is 11.6. The summed E-state index contributed by atoms with van der Waals surface area (Å²) in [7, 11) is -1.88. The van der Waals surface area contributed by atoms with E-state index in [0.29, 0.717) is 6.42 Å². The van der Waals surface area contributed by atoms with Crippen LogP contribution in [-0.4, -0.2) is 32.5 Å². The first-order chi connectivity index (χ1) is 6.94. The lowest BCUT2D eigenvalue weighted by Gasteiger charge is -2.11.